The number of pyridine rings is 1. The molecule has 2 heterocycles. The van der Waals surface area contributed by atoms with Crippen LogP contribution in [0.15, 0.2) is 62.4 Å². The van der Waals surface area contributed by atoms with Gasteiger partial charge in [0.15, 0.2) is 0 Å². The number of fused-ring (bicyclic) bond motifs is 1. The summed E-state index contributed by atoms with van der Waals surface area (Å²) in [5, 5.41) is 9.51. The van der Waals surface area contributed by atoms with Crippen LogP contribution in [0.3, 0.4) is 0 Å². The Labute approximate surface area is 226 Å². The van der Waals surface area contributed by atoms with Crippen molar-refractivity contribution in [2.24, 2.45) is 7.05 Å². The van der Waals surface area contributed by atoms with Crippen LogP contribution in [0.2, 0.25) is 0 Å². The predicted octanol–water partition coefficient (Wildman–Crippen LogP) is 4.22. The number of rotatable bonds is 8. The SMILES string of the molecule is Cc1cc(Br)c(C(=O)N(C)CCN(C)Cc2cn(Cc3cc4ccccc4n(C)c3=O)nn2)cc1Br. The molecule has 188 valence electrons. The molecule has 0 aliphatic heterocycles. The Morgan fingerprint density at radius 3 is 2.58 bits per heavy atom. The molecule has 8 nitrogen and oxygen atoms in total. The van der Waals surface area contributed by atoms with Crippen molar-refractivity contribution < 1.29 is 4.79 Å². The third-order valence-corrected chi connectivity index (χ3v) is 7.71. The molecule has 1 amide bonds. The van der Waals surface area contributed by atoms with Crippen molar-refractivity contribution >= 4 is 48.7 Å². The van der Waals surface area contributed by atoms with Gasteiger partial charge in [0.25, 0.3) is 11.5 Å². The number of likely N-dealkylation sites (N-methyl/N-ethyl adjacent to an activating group) is 2. The van der Waals surface area contributed by atoms with Gasteiger partial charge < -0.3 is 9.47 Å². The maximum Gasteiger partial charge on any atom is 0.255 e. The molecule has 10 heteroatoms. The molecule has 2 aromatic heterocycles. The molecule has 36 heavy (non-hydrogen) atoms. The lowest BCUT2D eigenvalue weighted by Gasteiger charge is -2.22. The molecule has 0 aliphatic carbocycles. The molecule has 0 fully saturated rings. The Bertz CT molecular complexity index is 1480. The third kappa shape index (κ3) is 5.77. The summed E-state index contributed by atoms with van der Waals surface area (Å²) in [4.78, 5) is 29.5. The van der Waals surface area contributed by atoms with E-state index in [-0.39, 0.29) is 11.5 Å². The minimum atomic E-state index is -0.0427. The van der Waals surface area contributed by atoms with Crippen LogP contribution in [0.4, 0.5) is 0 Å². The van der Waals surface area contributed by atoms with Crippen molar-refractivity contribution in [1.29, 1.82) is 0 Å². The van der Waals surface area contributed by atoms with Crippen molar-refractivity contribution in [2.45, 2.75) is 20.0 Å². The van der Waals surface area contributed by atoms with Crippen LogP contribution in [0.5, 0.6) is 0 Å². The van der Waals surface area contributed by atoms with Crippen molar-refractivity contribution in [3.63, 3.8) is 0 Å². The summed E-state index contributed by atoms with van der Waals surface area (Å²) < 4.78 is 5.05. The molecule has 2 aromatic carbocycles. The van der Waals surface area contributed by atoms with Crippen LogP contribution in [0.1, 0.15) is 27.2 Å². The number of aryl methyl sites for hydroxylation is 2. The largest absolute Gasteiger partial charge is 0.340 e. The van der Waals surface area contributed by atoms with Gasteiger partial charge in [-0.3, -0.25) is 14.5 Å². The highest BCUT2D eigenvalue weighted by molar-refractivity contribution is 9.11. The van der Waals surface area contributed by atoms with Gasteiger partial charge in [0, 0.05) is 48.2 Å². The zero-order chi connectivity index (χ0) is 26.0. The summed E-state index contributed by atoms with van der Waals surface area (Å²) in [5.74, 6) is -0.0427. The zero-order valence-electron chi connectivity index (χ0n) is 20.7. The summed E-state index contributed by atoms with van der Waals surface area (Å²) in [6, 6.07) is 13.5. The summed E-state index contributed by atoms with van der Waals surface area (Å²) in [6.45, 7) is 4.16. The Morgan fingerprint density at radius 2 is 1.81 bits per heavy atom. The molecule has 0 saturated heterocycles. The van der Waals surface area contributed by atoms with E-state index in [1.165, 1.54) is 0 Å². The summed E-state index contributed by atoms with van der Waals surface area (Å²) in [6.07, 6.45) is 1.86. The summed E-state index contributed by atoms with van der Waals surface area (Å²) >= 11 is 7.01. The van der Waals surface area contributed by atoms with Gasteiger partial charge in [0.05, 0.1) is 29.5 Å². The van der Waals surface area contributed by atoms with Crippen molar-refractivity contribution in [3.05, 3.63) is 90.3 Å². The average Bonchev–Trinajstić information content (AvgIpc) is 3.29. The molecule has 0 bridgehead atoms. The van der Waals surface area contributed by atoms with Crippen LogP contribution >= 0.6 is 31.9 Å². The second-order valence-electron chi connectivity index (χ2n) is 9.05. The Balaban J connectivity index is 1.35. The average molecular weight is 616 g/mol. The molecule has 0 atom stereocenters. The standard InChI is InChI=1S/C26H28Br2N6O2/c1-17-11-23(28)21(13-22(17)27)26(36)32(3)10-9-31(2)15-20-16-34(30-29-20)14-19-12-18-7-5-6-8-24(18)33(4)25(19)35/h5-8,11-13,16H,9-10,14-15H2,1-4H3. The number of hydrogen-bond donors (Lipinski definition) is 0. The van der Waals surface area contributed by atoms with E-state index < -0.39 is 0 Å². The van der Waals surface area contributed by atoms with Crippen molar-refractivity contribution in [2.75, 3.05) is 27.2 Å². The maximum atomic E-state index is 12.9. The molecule has 4 aromatic rings. The first-order chi connectivity index (χ1) is 17.1. The summed E-state index contributed by atoms with van der Waals surface area (Å²) in [7, 11) is 5.57. The number of aromatic nitrogens is 4. The van der Waals surface area contributed by atoms with E-state index in [0.717, 1.165) is 31.1 Å². The molecular formula is C26H28Br2N6O2. The number of carbonyl (C=O) groups is 1. The van der Waals surface area contributed by atoms with Gasteiger partial charge in [-0.05, 0) is 65.1 Å². The number of amides is 1. The lowest BCUT2D eigenvalue weighted by Crippen LogP contribution is -2.34. The van der Waals surface area contributed by atoms with Crippen LogP contribution < -0.4 is 5.56 Å². The smallest absolute Gasteiger partial charge is 0.255 e. The number of hydrogen-bond acceptors (Lipinski definition) is 5. The fourth-order valence-electron chi connectivity index (χ4n) is 4.06. The van der Waals surface area contributed by atoms with Gasteiger partial charge >= 0.3 is 0 Å². The van der Waals surface area contributed by atoms with Gasteiger partial charge in [0.1, 0.15) is 0 Å². The fourth-order valence-corrected chi connectivity index (χ4v) is 5.03. The molecule has 0 radical (unpaired) electrons. The third-order valence-electron chi connectivity index (χ3n) is 6.20. The predicted molar refractivity (Wildman–Crippen MR) is 148 cm³/mol. The van der Waals surface area contributed by atoms with E-state index in [9.17, 15) is 9.59 Å². The highest BCUT2D eigenvalue weighted by Gasteiger charge is 2.17. The normalized spacial score (nSPS) is 11.4. The maximum absolute atomic E-state index is 12.9. The first-order valence-corrected chi connectivity index (χ1v) is 13.1. The molecule has 0 N–H and O–H groups in total. The topological polar surface area (TPSA) is 76.3 Å². The summed E-state index contributed by atoms with van der Waals surface area (Å²) in [5.41, 5.74) is 4.01. The molecule has 0 saturated carbocycles. The highest BCUT2D eigenvalue weighted by Crippen LogP contribution is 2.26. The van der Waals surface area contributed by atoms with E-state index >= 15 is 0 Å². The highest BCUT2D eigenvalue weighted by atomic mass is 79.9. The van der Waals surface area contributed by atoms with Crippen LogP contribution in [-0.4, -0.2) is 62.5 Å². The van der Waals surface area contributed by atoms with Crippen molar-refractivity contribution in [3.8, 4) is 0 Å². The minimum Gasteiger partial charge on any atom is -0.340 e. The number of nitrogens with zero attached hydrogens (tertiary/aromatic N) is 6. The van der Waals surface area contributed by atoms with Crippen molar-refractivity contribution in [1.82, 2.24) is 29.4 Å². The van der Waals surface area contributed by atoms with Gasteiger partial charge in [0.2, 0.25) is 0 Å². The first-order valence-electron chi connectivity index (χ1n) is 11.5. The molecule has 0 spiro atoms. The second kappa shape index (κ2) is 11.1. The molecule has 0 aliphatic rings. The van der Waals surface area contributed by atoms with Gasteiger partial charge in [-0.1, -0.05) is 39.3 Å². The van der Waals surface area contributed by atoms with E-state index in [0.29, 0.717) is 37.3 Å². The lowest BCUT2D eigenvalue weighted by molar-refractivity contribution is 0.0780. The molecule has 0 unspecified atom stereocenters. The molecule has 4 rings (SSSR count). The van der Waals surface area contributed by atoms with E-state index in [2.05, 4.69) is 47.1 Å². The number of carbonyl (C=O) groups excluding carboxylic acids is 1. The quantitative estimate of drug-likeness (QED) is 0.297. The van der Waals surface area contributed by atoms with Crippen LogP contribution in [0, 0.1) is 6.92 Å². The van der Waals surface area contributed by atoms with E-state index in [4.69, 9.17) is 0 Å². The van der Waals surface area contributed by atoms with Gasteiger partial charge in [-0.15, -0.1) is 5.10 Å². The zero-order valence-corrected chi connectivity index (χ0v) is 23.9. The van der Waals surface area contributed by atoms with Crippen LogP contribution in [-0.2, 0) is 20.1 Å². The number of benzene rings is 2. The second-order valence-corrected chi connectivity index (χ2v) is 10.8. The number of halogens is 2. The monoisotopic (exact) mass is 614 g/mol. The Kier molecular flexibility index (Phi) is 8.07. The number of para-hydroxylation sites is 1. The van der Waals surface area contributed by atoms with E-state index in [1.54, 1.807) is 28.2 Å². The first kappa shape index (κ1) is 26.2. The molecular weight excluding hydrogens is 588 g/mol. The lowest BCUT2D eigenvalue weighted by atomic mass is 10.1. The Morgan fingerprint density at radius 1 is 1.06 bits per heavy atom. The fraction of sp³-hybridized carbons (Fsp3) is 0.308. The van der Waals surface area contributed by atoms with Gasteiger partial charge in [-0.25, -0.2) is 4.68 Å². The van der Waals surface area contributed by atoms with Crippen LogP contribution in [0.25, 0.3) is 10.9 Å². The Hall–Kier alpha value is -2.82. The van der Waals surface area contributed by atoms with Gasteiger partial charge in [-0.2, -0.15) is 0 Å². The van der Waals surface area contributed by atoms with E-state index in [1.807, 2.05) is 62.6 Å². The minimum absolute atomic E-state index is 0.0391.